The van der Waals surface area contributed by atoms with Crippen LogP contribution in [-0.2, 0) is 29.3 Å². The molecule has 42 heavy (non-hydrogen) atoms. The van der Waals surface area contributed by atoms with Gasteiger partial charge in [-0.15, -0.1) is 0 Å². The lowest BCUT2D eigenvalue weighted by Gasteiger charge is -2.17. The summed E-state index contributed by atoms with van der Waals surface area (Å²) in [6, 6.07) is 20.3. The summed E-state index contributed by atoms with van der Waals surface area (Å²) in [5.41, 5.74) is 12.3. The van der Waals surface area contributed by atoms with Crippen molar-refractivity contribution in [3.05, 3.63) is 95.2 Å². The zero-order chi connectivity index (χ0) is 29.9. The molecule has 0 aliphatic carbocycles. The molecule has 0 atom stereocenters. The van der Waals surface area contributed by atoms with Crippen LogP contribution in [0.3, 0.4) is 0 Å². The van der Waals surface area contributed by atoms with Gasteiger partial charge in [0.2, 0.25) is 0 Å². The Hall–Kier alpha value is -4.74. The average molecular weight is 585 g/mol. The fourth-order valence-electron chi connectivity index (χ4n) is 4.82. The number of carbonyl (C=O) groups is 1. The van der Waals surface area contributed by atoms with Gasteiger partial charge in [0, 0.05) is 36.8 Å². The Balaban J connectivity index is 1.42. The smallest absolute Gasteiger partial charge is 0.252 e. The molecule has 11 heteroatoms. The molecule has 2 heterocycles. The highest BCUT2D eigenvalue weighted by molar-refractivity contribution is 7.90. The van der Waals surface area contributed by atoms with Crippen molar-refractivity contribution in [2.75, 3.05) is 18.7 Å². The van der Waals surface area contributed by atoms with Crippen molar-refractivity contribution in [1.82, 2.24) is 20.3 Å². The van der Waals surface area contributed by atoms with Crippen LogP contribution in [0.5, 0.6) is 5.75 Å². The van der Waals surface area contributed by atoms with Gasteiger partial charge in [0.25, 0.3) is 5.91 Å². The van der Waals surface area contributed by atoms with E-state index in [0.29, 0.717) is 40.7 Å². The first-order valence-corrected chi connectivity index (χ1v) is 15.3. The first kappa shape index (κ1) is 28.8. The van der Waals surface area contributed by atoms with Gasteiger partial charge in [-0.2, -0.15) is 0 Å². The summed E-state index contributed by atoms with van der Waals surface area (Å²) in [6.45, 7) is 3.23. The number of amides is 1. The molecule has 1 amide bonds. The normalized spacial score (nSPS) is 11.5. The zero-order valence-electron chi connectivity index (χ0n) is 23.6. The van der Waals surface area contributed by atoms with Crippen LogP contribution in [0.25, 0.3) is 22.6 Å². The van der Waals surface area contributed by atoms with Crippen molar-refractivity contribution in [1.29, 1.82) is 0 Å². The molecule has 0 radical (unpaired) electrons. The van der Waals surface area contributed by atoms with Gasteiger partial charge in [-0.05, 0) is 65.6 Å². The number of hydrogen-bond donors (Lipinski definition) is 4. The van der Waals surface area contributed by atoms with Crippen molar-refractivity contribution < 1.29 is 17.9 Å². The van der Waals surface area contributed by atoms with E-state index in [1.807, 2.05) is 48.5 Å². The largest absolute Gasteiger partial charge is 0.497 e. The number of rotatable bonds is 11. The number of methoxy groups -OCH3 is 1. The third kappa shape index (κ3) is 6.12. The van der Waals surface area contributed by atoms with Crippen LogP contribution in [0.15, 0.2) is 77.8 Å². The second-order valence-corrected chi connectivity index (χ2v) is 11.9. The molecule has 10 nitrogen and oxygen atoms in total. The number of aromatic nitrogens is 3. The van der Waals surface area contributed by atoms with Crippen LogP contribution in [-0.4, -0.2) is 42.6 Å². The number of nitrogens with two attached hydrogens (primary N) is 1. The van der Waals surface area contributed by atoms with Crippen LogP contribution in [0.2, 0.25) is 0 Å². The minimum atomic E-state index is -3.23. The van der Waals surface area contributed by atoms with E-state index in [-0.39, 0.29) is 5.56 Å². The maximum Gasteiger partial charge on any atom is 0.252 e. The SMILES string of the molecule is CCc1c(CNCc2ccc(S(C)(=O)=O)cc2)cccc1Nc1c(C(N)=O)cnc2[nH]c(-c3ccc(OC)cc3)nc12. The number of carbonyl (C=O) groups excluding carboxylic acids is 1. The van der Waals surface area contributed by atoms with E-state index in [2.05, 4.69) is 33.6 Å². The van der Waals surface area contributed by atoms with E-state index >= 15 is 0 Å². The van der Waals surface area contributed by atoms with Gasteiger partial charge >= 0.3 is 0 Å². The topological polar surface area (TPSA) is 152 Å². The van der Waals surface area contributed by atoms with Gasteiger partial charge in [0.05, 0.1) is 23.3 Å². The minimum absolute atomic E-state index is 0.235. The molecule has 0 bridgehead atoms. The maximum atomic E-state index is 12.4. The Kier molecular flexibility index (Phi) is 8.23. The number of benzene rings is 3. The standard InChI is InChI=1S/C31H32N6O4S/c1-4-24-21(17-33-16-19-8-14-23(15-9-19)42(3,39)40)6-5-7-26(24)35-27-25(29(32)38)18-34-31-28(27)36-30(37-31)20-10-12-22(41-2)13-11-20/h5-15,18,33H,4,16-17H2,1-3H3,(H2,32,38)(H2,34,35,36,37). The predicted molar refractivity (Wildman–Crippen MR) is 164 cm³/mol. The number of fused-ring (bicyclic) bond motifs is 1. The molecular weight excluding hydrogens is 552 g/mol. The van der Waals surface area contributed by atoms with Crippen molar-refractivity contribution in [3.8, 4) is 17.1 Å². The minimum Gasteiger partial charge on any atom is -0.497 e. The molecule has 5 aromatic rings. The fraction of sp³-hybridized carbons (Fsp3) is 0.194. The number of primary amides is 1. The number of nitrogens with one attached hydrogen (secondary N) is 3. The van der Waals surface area contributed by atoms with Gasteiger partial charge in [-0.3, -0.25) is 4.79 Å². The number of pyridine rings is 1. The molecule has 0 aliphatic heterocycles. The van der Waals surface area contributed by atoms with E-state index in [1.54, 1.807) is 19.2 Å². The van der Waals surface area contributed by atoms with Crippen molar-refractivity contribution in [2.24, 2.45) is 5.73 Å². The van der Waals surface area contributed by atoms with E-state index in [4.69, 9.17) is 15.5 Å². The van der Waals surface area contributed by atoms with E-state index in [1.165, 1.54) is 12.5 Å². The number of hydrogen-bond acceptors (Lipinski definition) is 8. The highest BCUT2D eigenvalue weighted by atomic mass is 32.2. The average Bonchev–Trinajstić information content (AvgIpc) is 3.42. The number of aromatic amines is 1. The molecule has 5 N–H and O–H groups in total. The first-order chi connectivity index (χ1) is 20.2. The quantitative estimate of drug-likeness (QED) is 0.174. The monoisotopic (exact) mass is 584 g/mol. The molecule has 0 saturated carbocycles. The summed E-state index contributed by atoms with van der Waals surface area (Å²) in [4.78, 5) is 25.1. The Morgan fingerprint density at radius 2 is 1.76 bits per heavy atom. The zero-order valence-corrected chi connectivity index (χ0v) is 24.4. The predicted octanol–water partition coefficient (Wildman–Crippen LogP) is 4.73. The molecule has 0 saturated heterocycles. The summed E-state index contributed by atoms with van der Waals surface area (Å²) < 4.78 is 28.7. The lowest BCUT2D eigenvalue weighted by molar-refractivity contribution is 0.100. The van der Waals surface area contributed by atoms with Gasteiger partial charge in [-0.25, -0.2) is 18.4 Å². The molecular formula is C31H32N6O4S. The molecule has 0 unspecified atom stereocenters. The molecule has 0 spiro atoms. The Labute approximate surface area is 244 Å². The van der Waals surface area contributed by atoms with E-state index < -0.39 is 15.7 Å². The van der Waals surface area contributed by atoms with Crippen molar-refractivity contribution in [3.63, 3.8) is 0 Å². The molecule has 3 aromatic carbocycles. The van der Waals surface area contributed by atoms with E-state index in [0.717, 1.165) is 40.1 Å². The first-order valence-electron chi connectivity index (χ1n) is 13.4. The lowest BCUT2D eigenvalue weighted by Crippen LogP contribution is -2.16. The van der Waals surface area contributed by atoms with Crippen LogP contribution >= 0.6 is 0 Å². The van der Waals surface area contributed by atoms with E-state index in [9.17, 15) is 13.2 Å². The summed E-state index contributed by atoms with van der Waals surface area (Å²) in [6.07, 6.45) is 3.39. The number of H-pyrrole nitrogens is 1. The molecule has 0 aliphatic rings. The second kappa shape index (κ2) is 12.0. The molecule has 216 valence electrons. The number of sulfone groups is 1. The van der Waals surface area contributed by atoms with Crippen LogP contribution in [0, 0.1) is 0 Å². The van der Waals surface area contributed by atoms with Gasteiger partial charge in [-0.1, -0.05) is 31.2 Å². The number of anilines is 2. The summed E-state index contributed by atoms with van der Waals surface area (Å²) >= 11 is 0. The highest BCUT2D eigenvalue weighted by Crippen LogP contribution is 2.32. The van der Waals surface area contributed by atoms with Gasteiger partial charge < -0.3 is 26.1 Å². The Morgan fingerprint density at radius 1 is 1.02 bits per heavy atom. The van der Waals surface area contributed by atoms with Crippen LogP contribution in [0.1, 0.15) is 34.0 Å². The fourth-order valence-corrected chi connectivity index (χ4v) is 5.45. The third-order valence-corrected chi connectivity index (χ3v) is 8.15. The molecule has 2 aromatic heterocycles. The van der Waals surface area contributed by atoms with Crippen molar-refractivity contribution >= 4 is 38.3 Å². The van der Waals surface area contributed by atoms with Crippen LogP contribution in [0.4, 0.5) is 11.4 Å². The number of imidazole rings is 1. The second-order valence-electron chi connectivity index (χ2n) is 9.86. The third-order valence-electron chi connectivity index (χ3n) is 7.02. The highest BCUT2D eigenvalue weighted by Gasteiger charge is 2.19. The summed E-state index contributed by atoms with van der Waals surface area (Å²) in [5, 5.41) is 6.88. The Bertz CT molecular complexity index is 1850. The number of nitrogens with zero attached hydrogens (tertiary/aromatic N) is 2. The maximum absolute atomic E-state index is 12.4. The summed E-state index contributed by atoms with van der Waals surface area (Å²) in [5.74, 6) is 0.722. The number of ether oxygens (including phenoxy) is 1. The Morgan fingerprint density at radius 3 is 2.40 bits per heavy atom. The van der Waals surface area contributed by atoms with Crippen molar-refractivity contribution in [2.45, 2.75) is 31.3 Å². The van der Waals surface area contributed by atoms with Gasteiger partial charge in [0.15, 0.2) is 15.5 Å². The van der Waals surface area contributed by atoms with Crippen LogP contribution < -0.4 is 21.1 Å². The molecule has 0 fully saturated rings. The summed E-state index contributed by atoms with van der Waals surface area (Å²) in [7, 11) is -1.62. The molecule has 5 rings (SSSR count). The van der Waals surface area contributed by atoms with Gasteiger partial charge in [0.1, 0.15) is 17.1 Å². The lowest BCUT2D eigenvalue weighted by atomic mass is 10.0.